The summed E-state index contributed by atoms with van der Waals surface area (Å²) in [5.74, 6) is 0. The summed E-state index contributed by atoms with van der Waals surface area (Å²) in [5, 5.41) is 11.2. The van der Waals surface area contributed by atoms with E-state index in [1.807, 2.05) is 6.07 Å². The fourth-order valence-electron chi connectivity index (χ4n) is 4.19. The molecule has 2 atom stereocenters. The normalized spacial score (nSPS) is 18.1. The maximum absolute atomic E-state index is 5.17. The largest absolute Gasteiger partial charge is 0.302 e. The van der Waals surface area contributed by atoms with E-state index in [-0.39, 0.29) is 12.1 Å². The molecule has 3 nitrogen and oxygen atoms in total. The van der Waals surface area contributed by atoms with Gasteiger partial charge in [0.15, 0.2) is 0 Å². The highest BCUT2D eigenvalue weighted by Gasteiger charge is 2.39. The van der Waals surface area contributed by atoms with Crippen LogP contribution in [0.15, 0.2) is 126 Å². The van der Waals surface area contributed by atoms with Crippen LogP contribution >= 0.6 is 0 Å². The van der Waals surface area contributed by atoms with E-state index in [0.29, 0.717) is 0 Å². The number of benzene rings is 4. The minimum atomic E-state index is 0.0465. The number of nitrogens with one attached hydrogen (secondary N) is 1. The molecule has 1 aliphatic heterocycles. The molecule has 1 N–H and O–H groups in total. The lowest BCUT2D eigenvalue weighted by Gasteiger charge is -2.29. The zero-order valence-corrected chi connectivity index (χ0v) is 17.3. The van der Waals surface area contributed by atoms with Gasteiger partial charge >= 0.3 is 0 Å². The monoisotopic (exact) mass is 403 g/mol. The van der Waals surface area contributed by atoms with Gasteiger partial charge in [0.25, 0.3) is 0 Å². The Hall–Kier alpha value is -3.69. The first-order valence-corrected chi connectivity index (χ1v) is 10.7. The molecule has 0 saturated carbocycles. The molecule has 0 bridgehead atoms. The SMILES string of the molecule is c1ccc(CN[C@H]2C(c3ccccc3)=NN(c3ccccc3)[C@@H]2c2ccccc2)cc1. The van der Waals surface area contributed by atoms with E-state index in [4.69, 9.17) is 5.10 Å². The number of rotatable bonds is 6. The second kappa shape index (κ2) is 8.99. The number of para-hydroxylation sites is 1. The van der Waals surface area contributed by atoms with Crippen molar-refractivity contribution in [3.8, 4) is 0 Å². The maximum atomic E-state index is 5.17. The number of nitrogens with zero attached hydrogens (tertiary/aromatic N) is 2. The Kier molecular flexibility index (Phi) is 5.59. The Morgan fingerprint density at radius 3 is 1.84 bits per heavy atom. The van der Waals surface area contributed by atoms with E-state index in [9.17, 15) is 0 Å². The molecule has 1 heterocycles. The summed E-state index contributed by atoms with van der Waals surface area (Å²) >= 11 is 0. The topological polar surface area (TPSA) is 27.6 Å². The van der Waals surface area contributed by atoms with E-state index >= 15 is 0 Å². The fraction of sp³-hybridized carbons (Fsp3) is 0.107. The van der Waals surface area contributed by atoms with Crippen LogP contribution in [0.25, 0.3) is 0 Å². The van der Waals surface area contributed by atoms with Crippen molar-refractivity contribution in [3.63, 3.8) is 0 Å². The summed E-state index contributed by atoms with van der Waals surface area (Å²) in [6.07, 6.45) is 0. The van der Waals surface area contributed by atoms with Crippen LogP contribution in [-0.4, -0.2) is 11.8 Å². The van der Waals surface area contributed by atoms with E-state index in [0.717, 1.165) is 23.5 Å². The van der Waals surface area contributed by atoms with Crippen LogP contribution in [-0.2, 0) is 6.54 Å². The third kappa shape index (κ3) is 4.14. The minimum Gasteiger partial charge on any atom is -0.302 e. The Labute approximate surface area is 183 Å². The highest BCUT2D eigenvalue weighted by Crippen LogP contribution is 2.37. The van der Waals surface area contributed by atoms with Crippen molar-refractivity contribution in [1.82, 2.24) is 5.32 Å². The van der Waals surface area contributed by atoms with Crippen LogP contribution in [0, 0.1) is 0 Å². The van der Waals surface area contributed by atoms with Gasteiger partial charge in [0, 0.05) is 6.54 Å². The quantitative estimate of drug-likeness (QED) is 0.440. The van der Waals surface area contributed by atoms with Gasteiger partial charge in [-0.15, -0.1) is 0 Å². The number of hydrogen-bond donors (Lipinski definition) is 1. The van der Waals surface area contributed by atoms with Gasteiger partial charge in [0.2, 0.25) is 0 Å². The lowest BCUT2D eigenvalue weighted by Crippen LogP contribution is -2.41. The molecule has 0 spiro atoms. The second-order valence-corrected chi connectivity index (χ2v) is 7.73. The average molecular weight is 404 g/mol. The molecule has 4 aromatic carbocycles. The molecule has 1 aliphatic rings. The van der Waals surface area contributed by atoms with Crippen molar-refractivity contribution in [2.75, 3.05) is 5.01 Å². The first-order valence-electron chi connectivity index (χ1n) is 10.7. The highest BCUT2D eigenvalue weighted by molar-refractivity contribution is 6.07. The third-order valence-electron chi connectivity index (χ3n) is 5.69. The van der Waals surface area contributed by atoms with Crippen LogP contribution in [0.4, 0.5) is 5.69 Å². The van der Waals surface area contributed by atoms with Gasteiger partial charge in [-0.2, -0.15) is 5.10 Å². The molecule has 0 radical (unpaired) electrons. The van der Waals surface area contributed by atoms with Crippen molar-refractivity contribution >= 4 is 11.4 Å². The van der Waals surface area contributed by atoms with Gasteiger partial charge < -0.3 is 5.32 Å². The van der Waals surface area contributed by atoms with Gasteiger partial charge in [0.05, 0.1) is 23.5 Å². The summed E-state index contributed by atoms with van der Waals surface area (Å²) in [6.45, 7) is 0.781. The molecule has 0 aromatic heterocycles. The third-order valence-corrected chi connectivity index (χ3v) is 5.69. The minimum absolute atomic E-state index is 0.0465. The van der Waals surface area contributed by atoms with E-state index < -0.39 is 0 Å². The molecular weight excluding hydrogens is 378 g/mol. The van der Waals surface area contributed by atoms with E-state index in [2.05, 4.69) is 126 Å². The molecule has 3 heteroatoms. The average Bonchev–Trinajstić information content (AvgIpc) is 3.24. The smallest absolute Gasteiger partial charge is 0.0986 e. The molecule has 152 valence electrons. The summed E-state index contributed by atoms with van der Waals surface area (Å²) < 4.78 is 0. The molecule has 4 aromatic rings. The maximum Gasteiger partial charge on any atom is 0.0986 e. The Morgan fingerprint density at radius 1 is 0.645 bits per heavy atom. The molecular formula is C28H25N3. The van der Waals surface area contributed by atoms with Crippen LogP contribution in [0.1, 0.15) is 22.7 Å². The standard InChI is InChI=1S/C28H25N3/c1-5-13-22(14-6-1)21-29-27-26(23-15-7-2-8-16-23)30-31(25-19-11-4-12-20-25)28(27)24-17-9-3-10-18-24/h1-20,27-29H,21H2/t27-,28+/m0/s1. The number of hydrazone groups is 1. The summed E-state index contributed by atoms with van der Waals surface area (Å²) in [5.41, 5.74) is 5.81. The summed E-state index contributed by atoms with van der Waals surface area (Å²) in [4.78, 5) is 0. The van der Waals surface area contributed by atoms with Crippen molar-refractivity contribution in [3.05, 3.63) is 138 Å². The van der Waals surface area contributed by atoms with Gasteiger partial charge in [-0.05, 0) is 28.8 Å². The van der Waals surface area contributed by atoms with Gasteiger partial charge in [-0.3, -0.25) is 5.01 Å². The lowest BCUT2D eigenvalue weighted by molar-refractivity contribution is 0.530. The summed E-state index contributed by atoms with van der Waals surface area (Å²) in [7, 11) is 0. The van der Waals surface area contributed by atoms with Crippen molar-refractivity contribution in [1.29, 1.82) is 0 Å². The molecule has 0 fully saturated rings. The first kappa shape index (κ1) is 19.3. The molecule has 0 saturated heterocycles. The molecule has 31 heavy (non-hydrogen) atoms. The van der Waals surface area contributed by atoms with Crippen LogP contribution < -0.4 is 10.3 Å². The zero-order chi connectivity index (χ0) is 20.9. The van der Waals surface area contributed by atoms with E-state index in [1.165, 1.54) is 11.1 Å². The predicted molar refractivity (Wildman–Crippen MR) is 128 cm³/mol. The Morgan fingerprint density at radius 2 is 1.19 bits per heavy atom. The first-order chi connectivity index (χ1) is 15.4. The molecule has 5 rings (SSSR count). The number of hydrogen-bond acceptors (Lipinski definition) is 3. The lowest BCUT2D eigenvalue weighted by atomic mass is 9.92. The van der Waals surface area contributed by atoms with E-state index in [1.54, 1.807) is 0 Å². The number of anilines is 1. The summed E-state index contributed by atoms with van der Waals surface area (Å²) in [6, 6.07) is 42.3. The molecule has 0 amide bonds. The van der Waals surface area contributed by atoms with Gasteiger partial charge in [-0.25, -0.2) is 0 Å². The van der Waals surface area contributed by atoms with Crippen LogP contribution in [0.3, 0.4) is 0 Å². The fourth-order valence-corrected chi connectivity index (χ4v) is 4.19. The Balaban J connectivity index is 1.58. The van der Waals surface area contributed by atoms with Crippen molar-refractivity contribution in [2.24, 2.45) is 5.10 Å². The molecule has 0 aliphatic carbocycles. The predicted octanol–water partition coefficient (Wildman–Crippen LogP) is 5.81. The van der Waals surface area contributed by atoms with Crippen LogP contribution in [0.5, 0.6) is 0 Å². The zero-order valence-electron chi connectivity index (χ0n) is 17.3. The molecule has 0 unspecified atom stereocenters. The Bertz CT molecular complexity index is 1130. The van der Waals surface area contributed by atoms with Crippen molar-refractivity contribution in [2.45, 2.75) is 18.6 Å². The van der Waals surface area contributed by atoms with Crippen LogP contribution in [0.2, 0.25) is 0 Å². The van der Waals surface area contributed by atoms with Gasteiger partial charge in [-0.1, -0.05) is 109 Å². The second-order valence-electron chi connectivity index (χ2n) is 7.73. The van der Waals surface area contributed by atoms with Gasteiger partial charge in [0.1, 0.15) is 0 Å². The highest BCUT2D eigenvalue weighted by atomic mass is 15.5. The van der Waals surface area contributed by atoms with Crippen molar-refractivity contribution < 1.29 is 0 Å².